The van der Waals surface area contributed by atoms with Crippen LogP contribution < -0.4 is 71.3 Å². The third-order valence-corrected chi connectivity index (χ3v) is 4.93. The molecule has 24 heavy (non-hydrogen) atoms. The maximum Gasteiger partial charge on any atom is 1.00 e. The molecule has 2 atom stereocenters. The van der Waals surface area contributed by atoms with Gasteiger partial charge in [-0.2, -0.15) is 0 Å². The van der Waals surface area contributed by atoms with Gasteiger partial charge in [0.1, 0.15) is 5.41 Å². The number of carbonyl (C=O) groups excluding carboxylic acids is 1. The van der Waals surface area contributed by atoms with Crippen LogP contribution in [-0.2, 0) is 10.2 Å². The third-order valence-electron chi connectivity index (χ3n) is 4.08. The van der Waals surface area contributed by atoms with Crippen molar-refractivity contribution in [1.29, 1.82) is 0 Å². The predicted octanol–water partition coefficient (Wildman–Crippen LogP) is -8.15. The molecule has 4 nitrogen and oxygen atoms in total. The zero-order chi connectivity index (χ0) is 15.8. The second-order valence-electron chi connectivity index (χ2n) is 5.50. The molecule has 1 aromatic rings. The summed E-state index contributed by atoms with van der Waals surface area (Å²) in [6.45, 7) is 5.35. The van der Waals surface area contributed by atoms with Gasteiger partial charge in [-0.05, 0) is 25.3 Å². The van der Waals surface area contributed by atoms with Gasteiger partial charge in [0.2, 0.25) is 0 Å². The van der Waals surface area contributed by atoms with Crippen molar-refractivity contribution in [1.82, 2.24) is 0 Å². The summed E-state index contributed by atoms with van der Waals surface area (Å²) in [7, 11) is -5.36. The van der Waals surface area contributed by atoms with Gasteiger partial charge < -0.3 is 14.7 Å². The first-order chi connectivity index (χ1) is 9.70. The van der Waals surface area contributed by atoms with E-state index in [1.54, 1.807) is 50.3 Å². The van der Waals surface area contributed by atoms with Gasteiger partial charge in [-0.3, -0.25) is 4.79 Å². The number of hydrogen-bond acceptors (Lipinski definition) is 4. The van der Waals surface area contributed by atoms with Gasteiger partial charge in [-0.25, -0.2) is 0 Å². The summed E-state index contributed by atoms with van der Waals surface area (Å²) in [6, 6.07) is 8.63. The van der Waals surface area contributed by atoms with E-state index in [1.807, 2.05) is 13.0 Å². The van der Waals surface area contributed by atoms with E-state index in [9.17, 15) is 19.5 Å². The van der Waals surface area contributed by atoms with Crippen molar-refractivity contribution in [3.05, 3.63) is 59.2 Å². The van der Waals surface area contributed by atoms with E-state index in [-0.39, 0.29) is 56.6 Å². The summed E-state index contributed by atoms with van der Waals surface area (Å²) in [5, 5.41) is 0. The fraction of sp³-hybridized carbons (Fsp3) is 0.312. The largest absolute Gasteiger partial charge is 1.00 e. The molecule has 0 saturated carbocycles. The molecule has 112 valence electrons. The van der Waals surface area contributed by atoms with Crippen molar-refractivity contribution in [3.8, 4) is 0 Å². The van der Waals surface area contributed by atoms with E-state index >= 15 is 0 Å². The van der Waals surface area contributed by atoms with Crippen molar-refractivity contribution in [2.45, 2.75) is 26.2 Å². The Bertz CT molecular complexity index is 626. The van der Waals surface area contributed by atoms with Gasteiger partial charge in [0, 0.05) is 0 Å². The predicted molar refractivity (Wildman–Crippen MR) is 76.7 cm³/mol. The van der Waals surface area contributed by atoms with Gasteiger partial charge >= 0.3 is 56.6 Å². The molecule has 0 aromatic heterocycles. The monoisotopic (exact) mass is 325 g/mol. The van der Waals surface area contributed by atoms with Gasteiger partial charge in [0.25, 0.3) is 5.52 Å². The van der Waals surface area contributed by atoms with Crippen LogP contribution in [0.4, 0.5) is 0 Å². The van der Waals surface area contributed by atoms with Crippen molar-refractivity contribution < 1.29 is 76.1 Å². The van der Waals surface area contributed by atoms with Crippen LogP contribution in [0.3, 0.4) is 0 Å². The van der Waals surface area contributed by atoms with Crippen LogP contribution >= 0.6 is 7.94 Å². The number of carbonyl (C=O) groups is 1. The molecular formula is C16H17Li3O4P+. The average Bonchev–Trinajstić information content (AvgIpc) is 2.38. The van der Waals surface area contributed by atoms with E-state index in [0.717, 1.165) is 5.57 Å². The van der Waals surface area contributed by atoms with E-state index in [4.69, 9.17) is 0 Å². The van der Waals surface area contributed by atoms with Crippen LogP contribution in [0.1, 0.15) is 26.3 Å². The summed E-state index contributed by atoms with van der Waals surface area (Å²) in [6.07, 6.45) is 3.59. The molecule has 0 saturated heterocycles. The van der Waals surface area contributed by atoms with E-state index in [0.29, 0.717) is 11.1 Å². The zero-order valence-corrected chi connectivity index (χ0v) is 16.1. The topological polar surface area (TPSA) is 86.2 Å². The molecule has 0 heterocycles. The Morgan fingerprint density at radius 3 is 1.96 bits per heavy atom. The van der Waals surface area contributed by atoms with E-state index in [2.05, 4.69) is 0 Å². The minimum Gasteiger partial charge on any atom is -0.681 e. The first-order valence-electron chi connectivity index (χ1n) is 6.70. The number of hydrogen-bond donors (Lipinski definition) is 0. The molecule has 0 spiro atoms. The first kappa shape index (κ1) is 26.7. The molecular weight excluding hydrogens is 308 g/mol. The third kappa shape index (κ3) is 4.80. The van der Waals surface area contributed by atoms with Crippen molar-refractivity contribution in [3.63, 3.8) is 0 Å². The van der Waals surface area contributed by atoms with Crippen LogP contribution in [0, 0.1) is 5.92 Å². The molecule has 0 N–H and O–H groups in total. The van der Waals surface area contributed by atoms with Gasteiger partial charge in [-0.15, -0.1) is 0 Å². The fourth-order valence-electron chi connectivity index (χ4n) is 3.28. The summed E-state index contributed by atoms with van der Waals surface area (Å²) in [5.41, 5.74) is -0.623. The molecule has 8 heteroatoms. The molecule has 2 rings (SSSR count). The molecule has 0 radical (unpaired) electrons. The van der Waals surface area contributed by atoms with Crippen LogP contribution in [0.15, 0.2) is 53.6 Å². The number of rotatable bonds is 3. The Morgan fingerprint density at radius 2 is 1.54 bits per heavy atom. The van der Waals surface area contributed by atoms with Crippen molar-refractivity contribution in [2.24, 2.45) is 5.92 Å². The molecule has 0 aliphatic heterocycles. The van der Waals surface area contributed by atoms with Crippen LogP contribution in [0.5, 0.6) is 0 Å². The molecule has 1 aliphatic rings. The molecule has 1 aromatic carbocycles. The smallest absolute Gasteiger partial charge is 0.681 e. The Hall–Kier alpha value is 0.472. The van der Waals surface area contributed by atoms with Crippen LogP contribution in [-0.4, -0.2) is 5.52 Å². The van der Waals surface area contributed by atoms with Gasteiger partial charge in [0.15, 0.2) is 0 Å². The Morgan fingerprint density at radius 1 is 1.04 bits per heavy atom. The minimum absolute atomic E-state index is 0. The summed E-state index contributed by atoms with van der Waals surface area (Å²) < 4.78 is 0. The minimum atomic E-state index is -5.36. The summed E-state index contributed by atoms with van der Waals surface area (Å²) >= 11 is 0. The maximum absolute atomic E-state index is 12.5. The fourth-order valence-corrected chi connectivity index (χ4v) is 4.22. The number of allylic oxidation sites excluding steroid dienone is 4. The molecule has 2 unspecified atom stereocenters. The van der Waals surface area contributed by atoms with E-state index < -0.39 is 24.8 Å². The Balaban J connectivity index is 0. The van der Waals surface area contributed by atoms with Crippen molar-refractivity contribution in [2.75, 3.05) is 0 Å². The van der Waals surface area contributed by atoms with Gasteiger partial charge in [0.05, 0.1) is 0 Å². The SMILES string of the molecule is CC1=CC(C)C(C(=O)[P+]([O-])([O-])[O-])(c2ccccc2)C(C)=C1.[Li+].[Li+].[Li+]. The first-order valence-corrected chi connectivity index (χ1v) is 8.24. The van der Waals surface area contributed by atoms with E-state index in [1.165, 1.54) is 0 Å². The normalized spacial score (nSPS) is 22.8. The summed E-state index contributed by atoms with van der Waals surface area (Å²) in [4.78, 5) is 46.9. The number of benzene rings is 1. The standard InChI is InChI=1S/C16H19O4P.3Li/c1-11-9-12(2)16(13(3)10-11,15(17)21(18,19)20)14-7-5-4-6-8-14;;;/h4-10,12H,1-3H3,(H2,18,19,20);;;/q;3*+1/p-2. The summed E-state index contributed by atoms with van der Waals surface area (Å²) in [5.74, 6) is -0.409. The van der Waals surface area contributed by atoms with Gasteiger partial charge in [-0.1, -0.05) is 68.5 Å². The maximum atomic E-state index is 12.5. The quantitative estimate of drug-likeness (QED) is 0.408. The average molecular weight is 325 g/mol. The molecule has 0 fully saturated rings. The van der Waals surface area contributed by atoms with Crippen LogP contribution in [0.25, 0.3) is 0 Å². The van der Waals surface area contributed by atoms with Crippen molar-refractivity contribution >= 4 is 13.5 Å². The molecule has 1 aliphatic carbocycles. The van der Waals surface area contributed by atoms with Crippen LogP contribution in [0.2, 0.25) is 0 Å². The second-order valence-corrected chi connectivity index (χ2v) is 6.90. The Labute approximate surface area is 179 Å². The molecule has 0 amide bonds. The second kappa shape index (κ2) is 9.97. The zero-order valence-electron chi connectivity index (χ0n) is 15.2. The molecule has 0 bridgehead atoms. The Kier molecular flexibility index (Phi) is 11.1.